The first-order chi connectivity index (χ1) is 8.24. The molecule has 2 aromatic rings. The third-order valence-electron chi connectivity index (χ3n) is 1.87. The molecule has 0 atom stereocenters. The minimum absolute atomic E-state index is 0.0424. The van der Waals surface area contributed by atoms with Crippen molar-refractivity contribution >= 4 is 29.0 Å². The highest BCUT2D eigenvalue weighted by Gasteiger charge is 2.06. The van der Waals surface area contributed by atoms with Crippen molar-refractivity contribution in [1.82, 2.24) is 15.5 Å². The van der Waals surface area contributed by atoms with Gasteiger partial charge in [0.1, 0.15) is 10.8 Å². The van der Waals surface area contributed by atoms with Crippen LogP contribution < -0.4 is 5.32 Å². The second-order valence-corrected chi connectivity index (χ2v) is 5.64. The summed E-state index contributed by atoms with van der Waals surface area (Å²) < 4.78 is 5.92. The van der Waals surface area contributed by atoms with Crippen LogP contribution in [-0.4, -0.2) is 21.9 Å². The largest absolute Gasteiger partial charge is 0.467 e. The molecule has 0 spiro atoms. The van der Waals surface area contributed by atoms with E-state index in [0.717, 1.165) is 15.1 Å². The Morgan fingerprint density at radius 2 is 2.47 bits per heavy atom. The number of nitrogens with one attached hydrogen (secondary N) is 1. The normalized spacial score (nSPS) is 10.4. The third-order valence-corrected chi connectivity index (χ3v) is 3.85. The fourth-order valence-corrected chi connectivity index (χ4v) is 2.76. The van der Waals surface area contributed by atoms with Crippen molar-refractivity contribution in [2.24, 2.45) is 0 Å². The Bertz CT molecular complexity index is 481. The molecule has 0 aromatic carbocycles. The average Bonchev–Trinajstić information content (AvgIpc) is 2.95. The fourth-order valence-electron chi connectivity index (χ4n) is 1.11. The number of carbonyl (C=O) groups excluding carboxylic acids is 1. The van der Waals surface area contributed by atoms with Gasteiger partial charge in [0.05, 0.1) is 18.6 Å². The highest BCUT2D eigenvalue weighted by atomic mass is 32.2. The van der Waals surface area contributed by atoms with Crippen LogP contribution in [0.25, 0.3) is 0 Å². The maximum absolute atomic E-state index is 11.5. The van der Waals surface area contributed by atoms with Crippen molar-refractivity contribution in [2.45, 2.75) is 17.8 Å². The first kappa shape index (κ1) is 12.1. The van der Waals surface area contributed by atoms with Gasteiger partial charge in [-0.1, -0.05) is 23.1 Å². The fraction of sp³-hybridized carbons (Fsp3) is 0.300. The van der Waals surface area contributed by atoms with Crippen LogP contribution in [-0.2, 0) is 11.3 Å². The van der Waals surface area contributed by atoms with E-state index in [-0.39, 0.29) is 5.91 Å². The third kappa shape index (κ3) is 3.86. The number of furan rings is 1. The number of hydrogen-bond acceptors (Lipinski definition) is 6. The van der Waals surface area contributed by atoms with Crippen LogP contribution in [0.2, 0.25) is 0 Å². The lowest BCUT2D eigenvalue weighted by molar-refractivity contribution is -0.118. The molecule has 0 saturated carbocycles. The molecule has 1 amide bonds. The smallest absolute Gasteiger partial charge is 0.230 e. The van der Waals surface area contributed by atoms with Gasteiger partial charge in [-0.3, -0.25) is 4.79 Å². The van der Waals surface area contributed by atoms with Gasteiger partial charge >= 0.3 is 0 Å². The van der Waals surface area contributed by atoms with Crippen LogP contribution in [0.4, 0.5) is 0 Å². The van der Waals surface area contributed by atoms with Crippen molar-refractivity contribution in [1.29, 1.82) is 0 Å². The molecule has 0 radical (unpaired) electrons. The van der Waals surface area contributed by atoms with Gasteiger partial charge in [0.2, 0.25) is 5.91 Å². The number of carbonyl (C=O) groups is 1. The van der Waals surface area contributed by atoms with E-state index in [0.29, 0.717) is 12.3 Å². The first-order valence-corrected chi connectivity index (χ1v) is 6.76. The van der Waals surface area contributed by atoms with Crippen LogP contribution in [0.5, 0.6) is 0 Å². The molecule has 0 unspecified atom stereocenters. The van der Waals surface area contributed by atoms with Crippen molar-refractivity contribution in [3.8, 4) is 0 Å². The molecule has 90 valence electrons. The van der Waals surface area contributed by atoms with Crippen LogP contribution >= 0.6 is 23.1 Å². The molecule has 0 aliphatic rings. The summed E-state index contributed by atoms with van der Waals surface area (Å²) in [6.45, 7) is 2.31. The van der Waals surface area contributed by atoms with Crippen molar-refractivity contribution in [3.05, 3.63) is 29.2 Å². The summed E-state index contributed by atoms with van der Waals surface area (Å²) in [5.41, 5.74) is 0. The molecule has 0 aliphatic carbocycles. The van der Waals surface area contributed by atoms with Gasteiger partial charge in [0, 0.05) is 0 Å². The molecule has 2 heterocycles. The van der Waals surface area contributed by atoms with Gasteiger partial charge in [-0.15, -0.1) is 10.2 Å². The number of aromatic nitrogens is 2. The van der Waals surface area contributed by atoms with Crippen LogP contribution in [0.1, 0.15) is 10.8 Å². The SMILES string of the molecule is Cc1nnc(SCC(=O)NCc2ccco2)s1. The van der Waals surface area contributed by atoms with Gasteiger partial charge in [-0.05, 0) is 19.1 Å². The van der Waals surface area contributed by atoms with Gasteiger partial charge in [0.15, 0.2) is 4.34 Å². The van der Waals surface area contributed by atoms with Crippen LogP contribution in [0.3, 0.4) is 0 Å². The van der Waals surface area contributed by atoms with E-state index in [9.17, 15) is 4.79 Å². The van der Waals surface area contributed by atoms with Crippen molar-refractivity contribution < 1.29 is 9.21 Å². The highest BCUT2D eigenvalue weighted by Crippen LogP contribution is 2.21. The van der Waals surface area contributed by atoms with E-state index in [1.54, 1.807) is 12.3 Å². The topological polar surface area (TPSA) is 68.0 Å². The number of hydrogen-bond donors (Lipinski definition) is 1. The van der Waals surface area contributed by atoms with Crippen LogP contribution in [0.15, 0.2) is 27.2 Å². The standard InChI is InChI=1S/C10H11N3O2S2/c1-7-12-13-10(17-7)16-6-9(14)11-5-8-3-2-4-15-8/h2-4H,5-6H2,1H3,(H,11,14). The number of aryl methyl sites for hydroxylation is 1. The maximum Gasteiger partial charge on any atom is 0.230 e. The summed E-state index contributed by atoms with van der Waals surface area (Å²) in [5, 5.41) is 11.5. The van der Waals surface area contributed by atoms with E-state index in [4.69, 9.17) is 4.42 Å². The lowest BCUT2D eigenvalue weighted by atomic mass is 10.4. The Labute approximate surface area is 107 Å². The Balaban J connectivity index is 1.71. The minimum atomic E-state index is -0.0424. The zero-order valence-corrected chi connectivity index (χ0v) is 10.8. The minimum Gasteiger partial charge on any atom is -0.467 e. The molecule has 2 rings (SSSR count). The van der Waals surface area contributed by atoms with Crippen LogP contribution in [0, 0.1) is 6.92 Å². The van der Waals surface area contributed by atoms with E-state index in [1.165, 1.54) is 23.1 Å². The number of thioether (sulfide) groups is 1. The van der Waals surface area contributed by atoms with E-state index < -0.39 is 0 Å². The Kier molecular flexibility index (Phi) is 4.16. The lowest BCUT2D eigenvalue weighted by Crippen LogP contribution is -2.24. The predicted octanol–water partition coefficient (Wildman–Crippen LogP) is 1.85. The molecule has 1 N–H and O–H groups in total. The summed E-state index contributed by atoms with van der Waals surface area (Å²) in [7, 11) is 0. The molecule has 0 bridgehead atoms. The van der Waals surface area contributed by atoms with E-state index >= 15 is 0 Å². The van der Waals surface area contributed by atoms with E-state index in [2.05, 4.69) is 15.5 Å². The maximum atomic E-state index is 11.5. The van der Waals surface area contributed by atoms with Gasteiger partial charge in [-0.25, -0.2) is 0 Å². The monoisotopic (exact) mass is 269 g/mol. The lowest BCUT2D eigenvalue weighted by Gasteiger charge is -2.01. The number of rotatable bonds is 5. The zero-order valence-electron chi connectivity index (χ0n) is 9.17. The van der Waals surface area contributed by atoms with Gasteiger partial charge < -0.3 is 9.73 Å². The molecule has 5 nitrogen and oxygen atoms in total. The zero-order chi connectivity index (χ0) is 12.1. The van der Waals surface area contributed by atoms with Gasteiger partial charge in [-0.2, -0.15) is 0 Å². The molecule has 0 saturated heterocycles. The number of nitrogens with zero attached hydrogens (tertiary/aromatic N) is 2. The summed E-state index contributed by atoms with van der Waals surface area (Å²) in [6.07, 6.45) is 1.58. The highest BCUT2D eigenvalue weighted by molar-refractivity contribution is 8.01. The first-order valence-electron chi connectivity index (χ1n) is 4.96. The molecule has 0 aliphatic heterocycles. The Morgan fingerprint density at radius 3 is 3.12 bits per heavy atom. The Hall–Kier alpha value is -1.34. The average molecular weight is 269 g/mol. The number of amides is 1. The molecular formula is C10H11N3O2S2. The van der Waals surface area contributed by atoms with Crippen molar-refractivity contribution in [2.75, 3.05) is 5.75 Å². The molecule has 17 heavy (non-hydrogen) atoms. The summed E-state index contributed by atoms with van der Waals surface area (Å²) >= 11 is 2.88. The summed E-state index contributed by atoms with van der Waals surface area (Å²) in [4.78, 5) is 11.5. The quantitative estimate of drug-likeness (QED) is 0.839. The van der Waals surface area contributed by atoms with Crippen molar-refractivity contribution in [3.63, 3.8) is 0 Å². The van der Waals surface area contributed by atoms with Gasteiger partial charge in [0.25, 0.3) is 0 Å². The summed E-state index contributed by atoms with van der Waals surface area (Å²) in [6, 6.07) is 3.61. The second-order valence-electron chi connectivity index (χ2n) is 3.23. The molecule has 2 aromatic heterocycles. The van der Waals surface area contributed by atoms with E-state index in [1.807, 2.05) is 13.0 Å². The molecule has 7 heteroatoms. The second kappa shape index (κ2) is 5.83. The Morgan fingerprint density at radius 1 is 1.59 bits per heavy atom. The molecular weight excluding hydrogens is 258 g/mol. The predicted molar refractivity (Wildman–Crippen MR) is 65.9 cm³/mol. The summed E-state index contributed by atoms with van der Waals surface area (Å²) in [5.74, 6) is 1.05. The molecule has 0 fully saturated rings.